The van der Waals surface area contributed by atoms with Crippen molar-refractivity contribution in [3.63, 3.8) is 0 Å². The molecule has 8 nitrogen and oxygen atoms in total. The molecule has 1 spiro atoms. The predicted octanol–water partition coefficient (Wildman–Crippen LogP) is 4.16. The molecule has 0 radical (unpaired) electrons. The third-order valence-corrected chi connectivity index (χ3v) is 7.00. The Morgan fingerprint density at radius 1 is 1.06 bits per heavy atom. The van der Waals surface area contributed by atoms with Crippen LogP contribution < -0.4 is 18.9 Å². The average Bonchev–Trinajstić information content (AvgIpc) is 3.33. The molecule has 0 amide bonds. The van der Waals surface area contributed by atoms with Crippen LogP contribution in [0.25, 0.3) is 11.3 Å². The number of ketones is 2. The minimum atomic E-state index is -1.78. The number of fused-ring (bicyclic) bond motifs is 2. The number of benzene rings is 2. The third-order valence-electron chi connectivity index (χ3n) is 6.64. The van der Waals surface area contributed by atoms with Gasteiger partial charge in [-0.25, -0.2) is 0 Å². The maximum absolute atomic E-state index is 14.2. The van der Waals surface area contributed by atoms with E-state index in [4.69, 9.17) is 30.5 Å². The molecule has 2 atom stereocenters. The normalized spacial score (nSPS) is 20.7. The lowest BCUT2D eigenvalue weighted by molar-refractivity contribution is 0.0259. The minimum Gasteiger partial charge on any atom is -0.497 e. The molecule has 34 heavy (non-hydrogen) atoms. The maximum Gasteiger partial charge on any atom is 0.237 e. The number of aromatic nitrogens is 2. The molecule has 1 aliphatic heterocycles. The highest BCUT2D eigenvalue weighted by Crippen LogP contribution is 2.54. The van der Waals surface area contributed by atoms with Crippen molar-refractivity contribution in [3.05, 3.63) is 52.2 Å². The first-order chi connectivity index (χ1) is 16.3. The summed E-state index contributed by atoms with van der Waals surface area (Å²) in [5.74, 6) is -0.160. The number of aryl methyl sites for hydroxylation is 1. The summed E-state index contributed by atoms with van der Waals surface area (Å²) in [5, 5.41) is 4.73. The van der Waals surface area contributed by atoms with Crippen LogP contribution in [0.5, 0.6) is 23.0 Å². The largest absolute Gasteiger partial charge is 0.497 e. The van der Waals surface area contributed by atoms with E-state index in [0.717, 1.165) is 5.56 Å². The van der Waals surface area contributed by atoms with Crippen LogP contribution in [0.2, 0.25) is 5.02 Å². The molecule has 5 rings (SSSR count). The van der Waals surface area contributed by atoms with Crippen LogP contribution >= 0.6 is 11.6 Å². The van der Waals surface area contributed by atoms with Crippen LogP contribution in [0.4, 0.5) is 0 Å². The van der Waals surface area contributed by atoms with Gasteiger partial charge in [0.15, 0.2) is 5.75 Å². The van der Waals surface area contributed by atoms with Crippen LogP contribution in [0.15, 0.2) is 30.3 Å². The standard InChI is InChI=1S/C25H23ClN2O6/c1-12-9-15-18(21(28(2)27-15)13-7-6-8-14(10-13)31-3)23(29)25(12)24(30)19-16(32-4)11-17(33-5)20(26)22(19)34-25/h6-8,10-12H,9H2,1-5H3/t12-,25+/m1/s1. The van der Waals surface area contributed by atoms with Crippen LogP contribution in [0, 0.1) is 5.92 Å². The molecule has 2 aromatic carbocycles. The van der Waals surface area contributed by atoms with Gasteiger partial charge in [-0.15, -0.1) is 0 Å². The molecule has 0 saturated heterocycles. The second-order valence-corrected chi connectivity index (χ2v) is 8.80. The summed E-state index contributed by atoms with van der Waals surface area (Å²) >= 11 is 6.51. The monoisotopic (exact) mass is 482 g/mol. The Morgan fingerprint density at radius 2 is 1.76 bits per heavy atom. The number of methoxy groups -OCH3 is 3. The molecule has 3 aromatic rings. The van der Waals surface area contributed by atoms with Gasteiger partial charge in [-0.2, -0.15) is 5.10 Å². The van der Waals surface area contributed by atoms with Crippen molar-refractivity contribution in [2.75, 3.05) is 21.3 Å². The number of carbonyl (C=O) groups is 2. The Hall–Kier alpha value is -3.52. The summed E-state index contributed by atoms with van der Waals surface area (Å²) < 4.78 is 24.0. The lowest BCUT2D eigenvalue weighted by atomic mass is 9.71. The predicted molar refractivity (Wildman–Crippen MR) is 125 cm³/mol. The summed E-state index contributed by atoms with van der Waals surface area (Å²) in [6.45, 7) is 1.81. The SMILES string of the molecule is COc1cccc(-c2c3c(nn2C)C[C@@H](C)[C@]2(Oc4c(Cl)c(OC)cc(OC)c4C2=O)C3=O)c1. The van der Waals surface area contributed by atoms with Gasteiger partial charge in [-0.1, -0.05) is 30.7 Å². The number of carbonyl (C=O) groups excluding carboxylic acids is 2. The first-order valence-corrected chi connectivity index (χ1v) is 11.1. The summed E-state index contributed by atoms with van der Waals surface area (Å²) in [5.41, 5.74) is 0.671. The minimum absolute atomic E-state index is 0.0957. The number of rotatable bonds is 4. The number of hydrogen-bond donors (Lipinski definition) is 0. The molecule has 0 saturated carbocycles. The van der Waals surface area contributed by atoms with E-state index in [2.05, 4.69) is 5.10 Å². The van der Waals surface area contributed by atoms with E-state index in [0.29, 0.717) is 29.1 Å². The molecule has 0 unspecified atom stereocenters. The summed E-state index contributed by atoms with van der Waals surface area (Å²) in [4.78, 5) is 28.1. The number of ether oxygens (including phenoxy) is 4. The fraction of sp³-hybridized carbons (Fsp3) is 0.320. The van der Waals surface area contributed by atoms with Gasteiger partial charge in [0.05, 0.1) is 38.3 Å². The summed E-state index contributed by atoms with van der Waals surface area (Å²) in [6.07, 6.45) is 0.371. The lowest BCUT2D eigenvalue weighted by Crippen LogP contribution is -2.56. The Balaban J connectivity index is 1.71. The van der Waals surface area contributed by atoms with Gasteiger partial charge < -0.3 is 18.9 Å². The number of halogens is 1. The van der Waals surface area contributed by atoms with Gasteiger partial charge in [0.2, 0.25) is 17.2 Å². The molecule has 2 aliphatic rings. The number of Topliss-reactive ketones (excluding diaryl/α,β-unsaturated/α-hetero) is 2. The van der Waals surface area contributed by atoms with Gasteiger partial charge in [0, 0.05) is 24.6 Å². The molecule has 0 bridgehead atoms. The van der Waals surface area contributed by atoms with E-state index < -0.39 is 23.1 Å². The first kappa shape index (κ1) is 22.3. The Morgan fingerprint density at radius 3 is 2.44 bits per heavy atom. The smallest absolute Gasteiger partial charge is 0.237 e. The molecule has 176 valence electrons. The Bertz CT molecular complexity index is 1360. The van der Waals surface area contributed by atoms with Crippen molar-refractivity contribution < 1.29 is 28.5 Å². The van der Waals surface area contributed by atoms with Gasteiger partial charge in [0.1, 0.15) is 27.8 Å². The van der Waals surface area contributed by atoms with E-state index in [-0.39, 0.29) is 27.8 Å². The van der Waals surface area contributed by atoms with E-state index in [1.807, 2.05) is 31.2 Å². The zero-order valence-electron chi connectivity index (χ0n) is 19.4. The molecule has 9 heteroatoms. The maximum atomic E-state index is 14.2. The van der Waals surface area contributed by atoms with Crippen molar-refractivity contribution in [1.29, 1.82) is 0 Å². The van der Waals surface area contributed by atoms with Gasteiger partial charge in [-0.05, 0) is 18.6 Å². The van der Waals surface area contributed by atoms with Crippen LogP contribution in [0.3, 0.4) is 0 Å². The lowest BCUT2D eigenvalue weighted by Gasteiger charge is -2.35. The molecule has 1 aliphatic carbocycles. The van der Waals surface area contributed by atoms with Crippen LogP contribution in [-0.2, 0) is 13.5 Å². The number of hydrogen-bond acceptors (Lipinski definition) is 7. The highest BCUT2D eigenvalue weighted by molar-refractivity contribution is 6.36. The van der Waals surface area contributed by atoms with Gasteiger partial charge >= 0.3 is 0 Å². The fourth-order valence-electron chi connectivity index (χ4n) is 4.98. The van der Waals surface area contributed by atoms with E-state index in [1.165, 1.54) is 20.3 Å². The first-order valence-electron chi connectivity index (χ1n) is 10.7. The van der Waals surface area contributed by atoms with Crippen molar-refractivity contribution in [2.24, 2.45) is 13.0 Å². The molecule has 0 N–H and O–H groups in total. The third kappa shape index (κ3) is 2.81. The zero-order chi connectivity index (χ0) is 24.4. The van der Waals surface area contributed by atoms with E-state index in [1.54, 1.807) is 18.8 Å². The molecule has 0 fully saturated rings. The quantitative estimate of drug-likeness (QED) is 0.516. The summed E-state index contributed by atoms with van der Waals surface area (Å²) in [6, 6.07) is 8.88. The molecule has 1 aromatic heterocycles. The highest BCUT2D eigenvalue weighted by atomic mass is 35.5. The highest BCUT2D eigenvalue weighted by Gasteiger charge is 2.62. The van der Waals surface area contributed by atoms with Gasteiger partial charge in [0.25, 0.3) is 0 Å². The van der Waals surface area contributed by atoms with Gasteiger partial charge in [-0.3, -0.25) is 14.3 Å². The van der Waals surface area contributed by atoms with Crippen LogP contribution in [0.1, 0.15) is 33.3 Å². The van der Waals surface area contributed by atoms with E-state index >= 15 is 0 Å². The topological polar surface area (TPSA) is 88.9 Å². The second-order valence-electron chi connectivity index (χ2n) is 8.43. The Labute approximate surface area is 201 Å². The van der Waals surface area contributed by atoms with Crippen molar-refractivity contribution >= 4 is 23.2 Å². The zero-order valence-corrected chi connectivity index (χ0v) is 20.1. The number of nitrogens with zero attached hydrogens (tertiary/aromatic N) is 2. The molecular weight excluding hydrogens is 460 g/mol. The van der Waals surface area contributed by atoms with Crippen molar-refractivity contribution in [2.45, 2.75) is 18.9 Å². The van der Waals surface area contributed by atoms with E-state index in [9.17, 15) is 9.59 Å². The van der Waals surface area contributed by atoms with Crippen molar-refractivity contribution in [3.8, 4) is 34.3 Å². The second kappa shape index (κ2) is 7.77. The molecular formula is C25H23ClN2O6. The fourth-order valence-corrected chi connectivity index (χ4v) is 5.25. The Kier molecular flexibility index (Phi) is 5.09. The van der Waals surface area contributed by atoms with Crippen molar-refractivity contribution in [1.82, 2.24) is 9.78 Å². The summed E-state index contributed by atoms with van der Waals surface area (Å²) in [7, 11) is 6.24. The van der Waals surface area contributed by atoms with Crippen LogP contribution in [-0.4, -0.2) is 48.3 Å². The average molecular weight is 483 g/mol. The molecule has 2 heterocycles.